The third kappa shape index (κ3) is 5.28. The summed E-state index contributed by atoms with van der Waals surface area (Å²) in [5.74, 6) is 0. The fraction of sp³-hybridized carbons (Fsp3) is 0.0571. The van der Waals surface area contributed by atoms with Gasteiger partial charge in [-0.2, -0.15) is 0 Å². The number of aryl methyl sites for hydroxylation is 3. The molecule has 2 aliphatic carbocycles. The molecule has 0 amide bonds. The molecule has 0 atom stereocenters. The van der Waals surface area contributed by atoms with Gasteiger partial charge >= 0.3 is 0 Å². The lowest BCUT2D eigenvalue weighted by Gasteiger charge is -2.33. The van der Waals surface area contributed by atoms with Gasteiger partial charge in [0, 0.05) is 56.6 Å². The van der Waals surface area contributed by atoms with Crippen LogP contribution in [-0.2, 0) is 12.5 Å². The minimum absolute atomic E-state index is 0.626. The zero-order chi connectivity index (χ0) is 48.3. The fourth-order valence-corrected chi connectivity index (χ4v) is 13.7. The zero-order valence-electron chi connectivity index (χ0n) is 40.8. The number of hydrogen-bond acceptors (Lipinski definition) is 1. The molecule has 342 valence electrons. The van der Waals surface area contributed by atoms with Crippen LogP contribution in [0.25, 0.3) is 104 Å². The molecule has 3 nitrogen and oxygen atoms in total. The third-order valence-electron chi connectivity index (χ3n) is 17.0. The van der Waals surface area contributed by atoms with Crippen molar-refractivity contribution in [3.8, 4) is 27.9 Å². The SMILES string of the molecule is Cc1ccc(N(c2ccc3c4ccccc4n(C)c3c2)c2cc3c(c4ccccc24)-c2ccc(-n4c5ccc6ccccc6c5c5c6ccccc6ccc54)cc2C32c3ccccc3-c3ccccc32)cc1C. The zero-order valence-corrected chi connectivity index (χ0v) is 40.8. The normalized spacial score (nSPS) is 13.2. The summed E-state index contributed by atoms with van der Waals surface area (Å²) in [5.41, 5.74) is 21.8. The van der Waals surface area contributed by atoms with Gasteiger partial charge in [-0.3, -0.25) is 0 Å². The monoisotopic (exact) mass is 929 g/mol. The molecule has 0 bridgehead atoms. The highest BCUT2D eigenvalue weighted by atomic mass is 15.1. The van der Waals surface area contributed by atoms with E-state index in [0.717, 1.165) is 22.7 Å². The van der Waals surface area contributed by atoms with Crippen molar-refractivity contribution < 1.29 is 0 Å². The lowest BCUT2D eigenvalue weighted by molar-refractivity contribution is 0.793. The first-order valence-corrected chi connectivity index (χ1v) is 25.6. The van der Waals surface area contributed by atoms with Crippen molar-refractivity contribution in [3.63, 3.8) is 0 Å². The van der Waals surface area contributed by atoms with Crippen molar-refractivity contribution >= 4 is 93.0 Å². The van der Waals surface area contributed by atoms with E-state index >= 15 is 0 Å². The Balaban J connectivity index is 1.02. The first-order valence-electron chi connectivity index (χ1n) is 25.6. The number of nitrogens with zero attached hydrogens (tertiary/aromatic N) is 3. The minimum Gasteiger partial charge on any atom is -0.344 e. The van der Waals surface area contributed by atoms with Gasteiger partial charge in [-0.1, -0.05) is 170 Å². The lowest BCUT2D eigenvalue weighted by atomic mass is 9.70. The lowest BCUT2D eigenvalue weighted by Crippen LogP contribution is -2.26. The van der Waals surface area contributed by atoms with Gasteiger partial charge < -0.3 is 14.0 Å². The van der Waals surface area contributed by atoms with Gasteiger partial charge in [-0.05, 0) is 157 Å². The molecular weight excluding hydrogens is 883 g/mol. The molecule has 73 heavy (non-hydrogen) atoms. The highest BCUT2D eigenvalue weighted by molar-refractivity contribution is 6.28. The smallest absolute Gasteiger partial charge is 0.0727 e. The molecule has 2 heterocycles. The average molecular weight is 930 g/mol. The Kier molecular flexibility index (Phi) is 8.16. The molecule has 2 aliphatic rings. The molecule has 3 heteroatoms. The van der Waals surface area contributed by atoms with E-state index in [4.69, 9.17) is 0 Å². The van der Waals surface area contributed by atoms with Crippen LogP contribution in [-0.4, -0.2) is 9.13 Å². The summed E-state index contributed by atoms with van der Waals surface area (Å²) in [4.78, 5) is 2.54. The van der Waals surface area contributed by atoms with Gasteiger partial charge in [-0.25, -0.2) is 0 Å². The van der Waals surface area contributed by atoms with Crippen LogP contribution in [0.3, 0.4) is 0 Å². The van der Waals surface area contributed by atoms with Gasteiger partial charge in [0.25, 0.3) is 0 Å². The molecule has 0 saturated carbocycles. The first-order chi connectivity index (χ1) is 36.0. The van der Waals surface area contributed by atoms with Gasteiger partial charge in [0.05, 0.1) is 27.7 Å². The van der Waals surface area contributed by atoms with Crippen LogP contribution < -0.4 is 4.90 Å². The van der Waals surface area contributed by atoms with Gasteiger partial charge in [-0.15, -0.1) is 0 Å². The quantitative estimate of drug-likeness (QED) is 0.171. The van der Waals surface area contributed by atoms with Crippen LogP contribution in [0.5, 0.6) is 0 Å². The third-order valence-corrected chi connectivity index (χ3v) is 17.0. The second-order valence-electron chi connectivity index (χ2n) is 20.5. The molecule has 0 unspecified atom stereocenters. The van der Waals surface area contributed by atoms with Crippen LogP contribution in [0.4, 0.5) is 17.1 Å². The van der Waals surface area contributed by atoms with Crippen LogP contribution >= 0.6 is 0 Å². The Hall–Kier alpha value is -9.18. The topological polar surface area (TPSA) is 13.1 Å². The van der Waals surface area contributed by atoms with E-state index in [1.807, 2.05) is 0 Å². The summed E-state index contributed by atoms with van der Waals surface area (Å²) in [7, 11) is 2.20. The Labute approximate surface area is 423 Å². The van der Waals surface area contributed by atoms with Crippen molar-refractivity contribution in [2.45, 2.75) is 19.3 Å². The summed E-state index contributed by atoms with van der Waals surface area (Å²) >= 11 is 0. The minimum atomic E-state index is -0.626. The number of rotatable bonds is 4. The van der Waals surface area contributed by atoms with E-state index in [-0.39, 0.29) is 0 Å². The maximum absolute atomic E-state index is 2.58. The second-order valence-corrected chi connectivity index (χ2v) is 20.5. The molecular formula is C70H47N3. The number of aromatic nitrogens is 2. The molecule has 1 spiro atoms. The van der Waals surface area contributed by atoms with Crippen molar-refractivity contribution in [1.82, 2.24) is 9.13 Å². The van der Waals surface area contributed by atoms with Crippen molar-refractivity contribution in [2.75, 3.05) is 4.90 Å². The standard InChI is InChI=1S/C70H47N3/c1-42-28-31-46(38-43(42)2)72(48-32-34-55-53-22-12-15-27-62(53)71(3)65(55)40-48)66-41-61-67(56-24-9-8-23-54(56)66)57-35-33-47(39-60(57)70(61)58-25-13-10-20-51(58)52-21-11-14-26-59(52)70)73-63-36-29-44-16-4-6-18-49(44)68(63)69-50-19-7-5-17-45(50)30-37-64(69)73/h4-41H,1-3H3. The molecule has 0 saturated heterocycles. The molecule has 0 aliphatic heterocycles. The van der Waals surface area contributed by atoms with Gasteiger partial charge in [0.15, 0.2) is 0 Å². The Morgan fingerprint density at radius 3 is 1.60 bits per heavy atom. The van der Waals surface area contributed by atoms with Crippen molar-refractivity contribution in [3.05, 3.63) is 264 Å². The van der Waals surface area contributed by atoms with Crippen LogP contribution in [0.2, 0.25) is 0 Å². The van der Waals surface area contributed by atoms with E-state index in [1.165, 1.54) is 132 Å². The summed E-state index contributed by atoms with van der Waals surface area (Å²) in [6, 6.07) is 87.4. The van der Waals surface area contributed by atoms with Gasteiger partial charge in [0.2, 0.25) is 0 Å². The molecule has 14 aromatic rings. The van der Waals surface area contributed by atoms with E-state index in [0.29, 0.717) is 0 Å². The largest absolute Gasteiger partial charge is 0.344 e. The van der Waals surface area contributed by atoms with E-state index in [1.54, 1.807) is 0 Å². The Morgan fingerprint density at radius 1 is 0.356 bits per heavy atom. The number of para-hydroxylation sites is 1. The predicted octanol–water partition coefficient (Wildman–Crippen LogP) is 18.3. The average Bonchev–Trinajstić information content (AvgIpc) is 4.15. The summed E-state index contributed by atoms with van der Waals surface area (Å²) < 4.78 is 4.90. The Bertz CT molecular complexity index is 4600. The maximum Gasteiger partial charge on any atom is 0.0727 e. The van der Waals surface area contributed by atoms with Crippen LogP contribution in [0.1, 0.15) is 33.4 Å². The first kappa shape index (κ1) is 40.5. The molecule has 2 aromatic heterocycles. The van der Waals surface area contributed by atoms with Gasteiger partial charge in [0.1, 0.15) is 0 Å². The number of fused-ring (bicyclic) bond motifs is 22. The highest BCUT2D eigenvalue weighted by Gasteiger charge is 2.52. The van der Waals surface area contributed by atoms with Crippen molar-refractivity contribution in [2.24, 2.45) is 7.05 Å². The number of anilines is 3. The second kappa shape index (κ2) is 14.7. The van der Waals surface area contributed by atoms with E-state index < -0.39 is 5.41 Å². The maximum atomic E-state index is 2.58. The summed E-state index contributed by atoms with van der Waals surface area (Å²) in [6.45, 7) is 4.45. The number of benzene rings is 12. The molecule has 16 rings (SSSR count). The molecule has 0 N–H and O–H groups in total. The van der Waals surface area contributed by atoms with Crippen molar-refractivity contribution in [1.29, 1.82) is 0 Å². The molecule has 12 aromatic carbocycles. The fourth-order valence-electron chi connectivity index (χ4n) is 13.7. The Morgan fingerprint density at radius 2 is 0.918 bits per heavy atom. The van der Waals surface area contributed by atoms with Crippen LogP contribution in [0, 0.1) is 13.8 Å². The van der Waals surface area contributed by atoms with Crippen LogP contribution in [0.15, 0.2) is 231 Å². The van der Waals surface area contributed by atoms with E-state index in [2.05, 4.69) is 265 Å². The molecule has 0 fully saturated rings. The molecule has 0 radical (unpaired) electrons. The highest BCUT2D eigenvalue weighted by Crippen LogP contribution is 2.65. The number of hydrogen-bond donors (Lipinski definition) is 0. The summed E-state index contributed by atoms with van der Waals surface area (Å²) in [6.07, 6.45) is 0. The summed E-state index contributed by atoms with van der Waals surface area (Å²) in [5, 5.41) is 12.6. The predicted molar refractivity (Wildman–Crippen MR) is 308 cm³/mol. The van der Waals surface area contributed by atoms with E-state index in [9.17, 15) is 0 Å².